The molecule has 0 unspecified atom stereocenters. The van der Waals surface area contributed by atoms with Crippen molar-refractivity contribution in [2.45, 2.75) is 19.3 Å². The Kier molecular flexibility index (Phi) is 6.06. The van der Waals surface area contributed by atoms with Crippen molar-refractivity contribution in [3.8, 4) is 0 Å². The van der Waals surface area contributed by atoms with Crippen molar-refractivity contribution in [2.24, 2.45) is 0 Å². The van der Waals surface area contributed by atoms with E-state index in [-0.39, 0.29) is 22.1 Å². The highest BCUT2D eigenvalue weighted by molar-refractivity contribution is 14.1. The first kappa shape index (κ1) is 17.3. The molecule has 0 heterocycles. The number of nitrogens with zero attached hydrogens (tertiary/aromatic N) is 1. The minimum absolute atomic E-state index is 0.0850. The van der Waals surface area contributed by atoms with Gasteiger partial charge in [-0.2, -0.15) is 0 Å². The van der Waals surface area contributed by atoms with E-state index < -0.39 is 10.3 Å². The lowest BCUT2D eigenvalue weighted by Gasteiger charge is -2.23. The number of rotatable bonds is 6. The third-order valence-corrected chi connectivity index (χ3v) is 3.40. The molecule has 0 aliphatic rings. The van der Waals surface area contributed by atoms with Crippen LogP contribution in [-0.4, -0.2) is 27.8 Å². The maximum Gasteiger partial charge on any atom is 0.280 e. The minimum Gasteiger partial charge on any atom is -0.354 e. The van der Waals surface area contributed by atoms with Gasteiger partial charge in [0.05, 0.1) is 10.3 Å². The summed E-state index contributed by atoms with van der Waals surface area (Å²) in [5, 5.41) is 16.3. The van der Waals surface area contributed by atoms with Gasteiger partial charge in [-0.3, -0.25) is 19.7 Å². The van der Waals surface area contributed by atoms with E-state index in [0.29, 0.717) is 12.1 Å². The summed E-state index contributed by atoms with van der Waals surface area (Å²) in [5.41, 5.74) is -0.776. The molecule has 7 nitrogen and oxygen atoms in total. The van der Waals surface area contributed by atoms with Gasteiger partial charge in [-0.1, -0.05) is 18.2 Å². The van der Waals surface area contributed by atoms with E-state index in [1.807, 2.05) is 0 Å². The van der Waals surface area contributed by atoms with Crippen LogP contribution in [0.15, 0.2) is 24.3 Å². The number of nitro groups is 1. The van der Waals surface area contributed by atoms with E-state index in [1.165, 1.54) is 6.07 Å². The molecule has 0 bridgehead atoms. The van der Waals surface area contributed by atoms with Gasteiger partial charge in [0, 0.05) is 47.3 Å². The number of benzene rings is 1. The van der Waals surface area contributed by atoms with Gasteiger partial charge in [-0.15, -0.1) is 0 Å². The fourth-order valence-electron chi connectivity index (χ4n) is 1.84. The lowest BCUT2D eigenvalue weighted by Crippen LogP contribution is -2.43. The molecule has 0 atom stereocenters. The van der Waals surface area contributed by atoms with E-state index in [2.05, 4.69) is 10.6 Å². The predicted octanol–water partition coefficient (Wildman–Crippen LogP) is 2.13. The van der Waals surface area contributed by atoms with Gasteiger partial charge in [0.1, 0.15) is 0 Å². The van der Waals surface area contributed by atoms with Gasteiger partial charge in [-0.25, -0.2) is 0 Å². The van der Waals surface area contributed by atoms with Crippen LogP contribution in [0.2, 0.25) is 0 Å². The zero-order valence-corrected chi connectivity index (χ0v) is 13.8. The molecule has 1 aromatic rings. The molecular formula is C13H16IN3O4. The molecule has 0 aliphatic carbocycles. The van der Waals surface area contributed by atoms with E-state index in [9.17, 15) is 19.7 Å². The van der Waals surface area contributed by atoms with E-state index in [0.717, 1.165) is 0 Å². The molecule has 0 radical (unpaired) electrons. The Hall–Kier alpha value is -1.71. The molecule has 0 spiro atoms. The minimum atomic E-state index is -1.04. The summed E-state index contributed by atoms with van der Waals surface area (Å²) in [7, 11) is 0. The van der Waals surface area contributed by atoms with E-state index in [1.54, 1.807) is 54.6 Å². The summed E-state index contributed by atoms with van der Waals surface area (Å²) in [6.45, 7) is 3.82. The van der Waals surface area contributed by atoms with E-state index in [4.69, 9.17) is 0 Å². The summed E-state index contributed by atoms with van der Waals surface area (Å²) in [4.78, 5) is 33.5. The van der Waals surface area contributed by atoms with Crippen LogP contribution in [0.25, 0.3) is 0 Å². The molecule has 0 saturated carbocycles. The van der Waals surface area contributed by atoms with Crippen LogP contribution >= 0.6 is 22.6 Å². The fraction of sp³-hybridized carbons (Fsp3) is 0.385. The monoisotopic (exact) mass is 405 g/mol. The molecule has 2 amide bonds. The molecular weight excluding hydrogens is 389 g/mol. The van der Waals surface area contributed by atoms with E-state index >= 15 is 0 Å². The standard InChI is InChI=1S/C13H16IN3O4/c1-13(2,11(18)15-7-8-16-12(14)19)9-5-3-4-6-10(9)17(20)21/h3-6H,7-8H2,1-2H3,(H,15,18)(H,16,19). The fourth-order valence-corrected chi connectivity index (χ4v) is 2.11. The second-order valence-corrected chi connectivity index (χ2v) is 5.84. The smallest absolute Gasteiger partial charge is 0.280 e. The van der Waals surface area contributed by atoms with Crippen molar-refractivity contribution >= 4 is 38.1 Å². The topological polar surface area (TPSA) is 101 Å². The number of hydrogen-bond acceptors (Lipinski definition) is 4. The normalized spacial score (nSPS) is 10.8. The van der Waals surface area contributed by atoms with Crippen molar-refractivity contribution < 1.29 is 14.5 Å². The highest BCUT2D eigenvalue weighted by Crippen LogP contribution is 2.31. The zero-order valence-electron chi connectivity index (χ0n) is 11.7. The van der Waals surface area contributed by atoms with Gasteiger partial charge in [0.25, 0.3) is 9.60 Å². The van der Waals surface area contributed by atoms with Crippen molar-refractivity contribution in [3.05, 3.63) is 39.9 Å². The first-order valence-electron chi connectivity index (χ1n) is 6.22. The number of carbonyl (C=O) groups is 2. The molecule has 2 N–H and O–H groups in total. The number of nitrogens with one attached hydrogen (secondary N) is 2. The van der Waals surface area contributed by atoms with Gasteiger partial charge in [0.2, 0.25) is 5.91 Å². The lowest BCUT2D eigenvalue weighted by atomic mass is 9.82. The van der Waals surface area contributed by atoms with Crippen molar-refractivity contribution in [1.82, 2.24) is 10.6 Å². The first-order valence-corrected chi connectivity index (χ1v) is 7.30. The van der Waals surface area contributed by atoms with Gasteiger partial charge < -0.3 is 10.6 Å². The number of carbonyl (C=O) groups excluding carboxylic acids is 2. The Balaban J connectivity index is 2.82. The molecule has 1 rings (SSSR count). The van der Waals surface area contributed by atoms with Gasteiger partial charge >= 0.3 is 0 Å². The van der Waals surface area contributed by atoms with Crippen molar-refractivity contribution in [2.75, 3.05) is 13.1 Å². The quantitative estimate of drug-likeness (QED) is 0.189. The number of hydrogen-bond donors (Lipinski definition) is 2. The number of amides is 2. The average molecular weight is 405 g/mol. The number of para-hydroxylation sites is 1. The molecule has 21 heavy (non-hydrogen) atoms. The number of nitro benzene ring substituents is 1. The van der Waals surface area contributed by atoms with Crippen LogP contribution in [0.1, 0.15) is 19.4 Å². The Labute approximate surface area is 135 Å². The Morgan fingerprint density at radius 1 is 1.24 bits per heavy atom. The average Bonchev–Trinajstić information content (AvgIpc) is 2.43. The second kappa shape index (κ2) is 7.34. The largest absolute Gasteiger partial charge is 0.354 e. The SMILES string of the molecule is CC(C)(C(=O)NCCNC(=O)I)c1ccccc1[N+](=O)[O-]. The van der Waals surface area contributed by atoms with Gasteiger partial charge in [0.15, 0.2) is 0 Å². The molecule has 0 aromatic heterocycles. The molecule has 0 fully saturated rings. The van der Waals surface area contributed by atoms with Crippen LogP contribution < -0.4 is 10.6 Å². The molecule has 0 saturated heterocycles. The molecule has 1 aromatic carbocycles. The summed E-state index contributed by atoms with van der Waals surface area (Å²) in [6.07, 6.45) is 0. The summed E-state index contributed by atoms with van der Waals surface area (Å²) < 4.78 is -0.209. The maximum absolute atomic E-state index is 12.2. The second-order valence-electron chi connectivity index (χ2n) is 4.86. The maximum atomic E-state index is 12.2. The summed E-state index contributed by atoms with van der Waals surface area (Å²) in [5.74, 6) is -0.334. The third-order valence-electron chi connectivity index (χ3n) is 3.02. The zero-order chi connectivity index (χ0) is 16.0. The van der Waals surface area contributed by atoms with Crippen molar-refractivity contribution in [1.29, 1.82) is 0 Å². The third kappa shape index (κ3) is 4.66. The lowest BCUT2D eigenvalue weighted by molar-refractivity contribution is -0.385. The highest BCUT2D eigenvalue weighted by Gasteiger charge is 2.35. The van der Waals surface area contributed by atoms with Crippen LogP contribution in [-0.2, 0) is 10.2 Å². The summed E-state index contributed by atoms with van der Waals surface area (Å²) >= 11 is 1.60. The Morgan fingerprint density at radius 3 is 2.38 bits per heavy atom. The predicted molar refractivity (Wildman–Crippen MR) is 86.6 cm³/mol. The van der Waals surface area contributed by atoms with Crippen LogP contribution in [0.5, 0.6) is 0 Å². The Morgan fingerprint density at radius 2 is 1.81 bits per heavy atom. The number of halogens is 1. The van der Waals surface area contributed by atoms with Gasteiger partial charge in [-0.05, 0) is 13.8 Å². The molecule has 8 heteroatoms. The highest BCUT2D eigenvalue weighted by atomic mass is 127. The van der Waals surface area contributed by atoms with Crippen LogP contribution in [0.4, 0.5) is 10.5 Å². The summed E-state index contributed by atoms with van der Waals surface area (Å²) in [6, 6.07) is 6.17. The Bertz CT molecular complexity index is 560. The van der Waals surface area contributed by atoms with Crippen LogP contribution in [0, 0.1) is 10.1 Å². The van der Waals surface area contributed by atoms with Crippen LogP contribution in [0.3, 0.4) is 0 Å². The van der Waals surface area contributed by atoms with Crippen molar-refractivity contribution in [3.63, 3.8) is 0 Å². The molecule has 0 aliphatic heterocycles. The first-order chi connectivity index (χ1) is 9.76. The molecule has 114 valence electrons.